The Morgan fingerprint density at radius 2 is 2.06 bits per heavy atom. The topological polar surface area (TPSA) is 78.4 Å². The van der Waals surface area contributed by atoms with Crippen LogP contribution in [0.4, 0.5) is 5.69 Å². The number of amides is 1. The highest BCUT2D eigenvalue weighted by Gasteiger charge is 2.15. The van der Waals surface area contributed by atoms with Crippen LogP contribution in [0.3, 0.4) is 0 Å². The molecule has 1 aromatic carbocycles. The average molecular weight is 315 g/mol. The Morgan fingerprint density at radius 3 is 2.61 bits per heavy atom. The van der Waals surface area contributed by atoms with Crippen molar-refractivity contribution < 1.29 is 14.7 Å². The molecule has 18 heavy (non-hydrogen) atoms. The first-order chi connectivity index (χ1) is 8.41. The van der Waals surface area contributed by atoms with Gasteiger partial charge in [-0.05, 0) is 28.1 Å². The zero-order chi connectivity index (χ0) is 13.7. The van der Waals surface area contributed by atoms with Gasteiger partial charge in [-0.1, -0.05) is 19.9 Å². The SMILES string of the molecule is CC(C)NCC(=O)Nc1c(Br)cccc1C(=O)O. The molecule has 0 atom stereocenters. The van der Waals surface area contributed by atoms with E-state index in [2.05, 4.69) is 26.6 Å². The molecule has 0 radical (unpaired) electrons. The lowest BCUT2D eigenvalue weighted by molar-refractivity contribution is -0.115. The van der Waals surface area contributed by atoms with E-state index in [4.69, 9.17) is 5.11 Å². The molecule has 3 N–H and O–H groups in total. The van der Waals surface area contributed by atoms with E-state index in [1.807, 2.05) is 13.8 Å². The van der Waals surface area contributed by atoms with Crippen molar-refractivity contribution in [2.24, 2.45) is 0 Å². The third-order valence-corrected chi connectivity index (χ3v) is 2.84. The molecular weight excluding hydrogens is 300 g/mol. The van der Waals surface area contributed by atoms with Gasteiger partial charge in [-0.15, -0.1) is 0 Å². The van der Waals surface area contributed by atoms with Gasteiger partial charge in [-0.25, -0.2) is 4.79 Å². The molecule has 1 amide bonds. The summed E-state index contributed by atoms with van der Waals surface area (Å²) in [5.74, 6) is -1.36. The highest BCUT2D eigenvalue weighted by molar-refractivity contribution is 9.10. The van der Waals surface area contributed by atoms with E-state index in [0.717, 1.165) is 0 Å². The zero-order valence-electron chi connectivity index (χ0n) is 10.2. The molecule has 0 unspecified atom stereocenters. The van der Waals surface area contributed by atoms with Gasteiger partial charge < -0.3 is 15.7 Å². The van der Waals surface area contributed by atoms with Gasteiger partial charge >= 0.3 is 5.97 Å². The summed E-state index contributed by atoms with van der Waals surface area (Å²) < 4.78 is 0.542. The van der Waals surface area contributed by atoms with Crippen LogP contribution in [0.5, 0.6) is 0 Å². The van der Waals surface area contributed by atoms with Crippen LogP contribution >= 0.6 is 15.9 Å². The van der Waals surface area contributed by atoms with Gasteiger partial charge in [0.1, 0.15) is 0 Å². The molecule has 1 aromatic rings. The van der Waals surface area contributed by atoms with Crippen LogP contribution in [-0.4, -0.2) is 29.6 Å². The number of hydrogen-bond acceptors (Lipinski definition) is 3. The van der Waals surface area contributed by atoms with Crippen LogP contribution in [0.15, 0.2) is 22.7 Å². The highest BCUT2D eigenvalue weighted by atomic mass is 79.9. The third kappa shape index (κ3) is 4.12. The summed E-state index contributed by atoms with van der Waals surface area (Å²) in [4.78, 5) is 22.7. The molecule has 0 aliphatic carbocycles. The number of benzene rings is 1. The number of halogens is 1. The van der Waals surface area contributed by atoms with E-state index in [1.165, 1.54) is 6.07 Å². The molecule has 0 saturated carbocycles. The largest absolute Gasteiger partial charge is 0.478 e. The number of carboxylic acids is 1. The van der Waals surface area contributed by atoms with E-state index >= 15 is 0 Å². The van der Waals surface area contributed by atoms with E-state index in [1.54, 1.807) is 12.1 Å². The first-order valence-corrected chi connectivity index (χ1v) is 6.26. The van der Waals surface area contributed by atoms with E-state index in [0.29, 0.717) is 4.47 Å². The van der Waals surface area contributed by atoms with Crippen molar-refractivity contribution in [3.05, 3.63) is 28.2 Å². The van der Waals surface area contributed by atoms with Crippen LogP contribution in [0, 0.1) is 0 Å². The molecule has 1 rings (SSSR count). The summed E-state index contributed by atoms with van der Waals surface area (Å²) in [5.41, 5.74) is 0.336. The maximum absolute atomic E-state index is 11.7. The summed E-state index contributed by atoms with van der Waals surface area (Å²) in [7, 11) is 0. The minimum absolute atomic E-state index is 0.0577. The Bertz CT molecular complexity index is 461. The molecule has 0 saturated heterocycles. The summed E-state index contributed by atoms with van der Waals surface area (Å²) in [5, 5.41) is 14.6. The van der Waals surface area contributed by atoms with Crippen molar-refractivity contribution in [3.8, 4) is 0 Å². The third-order valence-electron chi connectivity index (χ3n) is 2.18. The molecule has 0 heterocycles. The van der Waals surface area contributed by atoms with Crippen LogP contribution in [0.25, 0.3) is 0 Å². The second-order valence-corrected chi connectivity index (χ2v) is 4.91. The first kappa shape index (κ1) is 14.7. The van der Waals surface area contributed by atoms with Gasteiger partial charge in [-0.2, -0.15) is 0 Å². The fourth-order valence-corrected chi connectivity index (χ4v) is 1.78. The Morgan fingerprint density at radius 1 is 1.39 bits per heavy atom. The molecular formula is C12H15BrN2O3. The van der Waals surface area contributed by atoms with E-state index < -0.39 is 5.97 Å². The highest BCUT2D eigenvalue weighted by Crippen LogP contribution is 2.26. The lowest BCUT2D eigenvalue weighted by Crippen LogP contribution is -2.33. The van der Waals surface area contributed by atoms with Gasteiger partial charge in [0.2, 0.25) is 5.91 Å². The lowest BCUT2D eigenvalue weighted by Gasteiger charge is -2.12. The molecule has 0 bridgehead atoms. The van der Waals surface area contributed by atoms with Crippen LogP contribution in [-0.2, 0) is 4.79 Å². The number of para-hydroxylation sites is 1. The van der Waals surface area contributed by atoms with Crippen LogP contribution in [0.2, 0.25) is 0 Å². The minimum atomic E-state index is -1.08. The molecule has 98 valence electrons. The second kappa shape index (κ2) is 6.51. The minimum Gasteiger partial charge on any atom is -0.478 e. The monoisotopic (exact) mass is 314 g/mol. The number of rotatable bonds is 5. The average Bonchev–Trinajstić information content (AvgIpc) is 2.28. The van der Waals surface area contributed by atoms with Crippen molar-refractivity contribution in [3.63, 3.8) is 0 Å². The number of aromatic carboxylic acids is 1. The molecule has 0 spiro atoms. The summed E-state index contributed by atoms with van der Waals surface area (Å²) in [6, 6.07) is 4.92. The predicted octanol–water partition coefficient (Wildman–Crippen LogP) is 2.08. The van der Waals surface area contributed by atoms with Crippen molar-refractivity contribution in [1.82, 2.24) is 5.32 Å². The van der Waals surface area contributed by atoms with E-state index in [-0.39, 0.29) is 29.7 Å². The lowest BCUT2D eigenvalue weighted by atomic mass is 10.2. The predicted molar refractivity (Wildman–Crippen MR) is 72.9 cm³/mol. The zero-order valence-corrected chi connectivity index (χ0v) is 11.7. The maximum Gasteiger partial charge on any atom is 0.337 e. The van der Waals surface area contributed by atoms with Crippen LogP contribution in [0.1, 0.15) is 24.2 Å². The fraction of sp³-hybridized carbons (Fsp3) is 0.333. The molecule has 6 heteroatoms. The first-order valence-electron chi connectivity index (χ1n) is 5.47. The van der Waals surface area contributed by atoms with Crippen LogP contribution < -0.4 is 10.6 Å². The molecule has 0 fully saturated rings. The summed E-state index contributed by atoms with van der Waals surface area (Å²) in [6.45, 7) is 3.99. The number of hydrogen-bond donors (Lipinski definition) is 3. The Balaban J connectivity index is 2.83. The van der Waals surface area contributed by atoms with Crippen molar-refractivity contribution in [1.29, 1.82) is 0 Å². The maximum atomic E-state index is 11.7. The van der Waals surface area contributed by atoms with E-state index in [9.17, 15) is 9.59 Å². The number of anilines is 1. The van der Waals surface area contributed by atoms with Gasteiger partial charge in [0.25, 0.3) is 0 Å². The second-order valence-electron chi connectivity index (χ2n) is 4.05. The standard InChI is InChI=1S/C12H15BrN2O3/c1-7(2)14-6-10(16)15-11-8(12(17)18)4-3-5-9(11)13/h3-5,7,14H,6H2,1-2H3,(H,15,16)(H,17,18). The van der Waals surface area contributed by atoms with Gasteiger partial charge in [0.15, 0.2) is 0 Å². The Hall–Kier alpha value is -1.40. The van der Waals surface area contributed by atoms with Crippen molar-refractivity contribution in [2.45, 2.75) is 19.9 Å². The van der Waals surface area contributed by atoms with Gasteiger partial charge in [0, 0.05) is 10.5 Å². The molecule has 0 aliphatic rings. The quantitative estimate of drug-likeness (QED) is 0.777. The fourth-order valence-electron chi connectivity index (χ4n) is 1.31. The number of carbonyl (C=O) groups is 2. The number of nitrogens with one attached hydrogen (secondary N) is 2. The number of carboxylic acid groups (broad SMARTS) is 1. The summed E-state index contributed by atoms with van der Waals surface area (Å²) in [6.07, 6.45) is 0. The smallest absolute Gasteiger partial charge is 0.337 e. The Kier molecular flexibility index (Phi) is 5.30. The number of carbonyl (C=O) groups excluding carboxylic acids is 1. The molecule has 5 nitrogen and oxygen atoms in total. The molecule has 0 aromatic heterocycles. The summed E-state index contributed by atoms with van der Waals surface area (Å²) >= 11 is 3.23. The van der Waals surface area contributed by atoms with Gasteiger partial charge in [0.05, 0.1) is 17.8 Å². The van der Waals surface area contributed by atoms with Gasteiger partial charge in [-0.3, -0.25) is 4.79 Å². The Labute approximate surface area is 114 Å². The van der Waals surface area contributed by atoms with Crippen molar-refractivity contribution in [2.75, 3.05) is 11.9 Å². The van der Waals surface area contributed by atoms with Crippen molar-refractivity contribution >= 4 is 33.5 Å². The molecule has 0 aliphatic heterocycles. The normalized spacial score (nSPS) is 10.4.